The van der Waals surface area contributed by atoms with Crippen molar-refractivity contribution in [1.29, 1.82) is 0 Å². The molecule has 2 aliphatic rings. The normalized spacial score (nSPS) is 37.6. The zero-order valence-electron chi connectivity index (χ0n) is 16.8. The van der Waals surface area contributed by atoms with E-state index in [9.17, 15) is 35.4 Å². The van der Waals surface area contributed by atoms with Crippen LogP contribution in [0.15, 0.2) is 30.3 Å². The first-order valence-electron chi connectivity index (χ1n) is 9.77. The van der Waals surface area contributed by atoms with Crippen molar-refractivity contribution >= 4 is 12.0 Å². The van der Waals surface area contributed by atoms with Crippen molar-refractivity contribution in [2.24, 2.45) is 0 Å². The molecule has 8 atom stereocenters. The Kier molecular flexibility index (Phi) is 7.82. The summed E-state index contributed by atoms with van der Waals surface area (Å²) < 4.78 is 22.0. The minimum Gasteiger partial charge on any atom is -0.478 e. The fourth-order valence-electron chi connectivity index (χ4n) is 3.32. The number of ether oxygens (including phenoxy) is 4. The van der Waals surface area contributed by atoms with Crippen molar-refractivity contribution in [1.82, 2.24) is 0 Å². The highest BCUT2D eigenvalue weighted by atomic mass is 16.8. The molecule has 7 N–H and O–H groups in total. The molecule has 3 rings (SSSR count). The largest absolute Gasteiger partial charge is 0.478 e. The molecule has 12 nitrogen and oxygen atoms in total. The zero-order valence-corrected chi connectivity index (χ0v) is 16.8. The number of aliphatic hydroxyl groups excluding tert-OH is 5. The summed E-state index contributed by atoms with van der Waals surface area (Å²) in [6.07, 6.45) is -7.95. The van der Waals surface area contributed by atoms with Gasteiger partial charge in [-0.25, -0.2) is 4.79 Å². The third-order valence-corrected chi connectivity index (χ3v) is 5.25. The van der Waals surface area contributed by atoms with Gasteiger partial charge in [-0.3, -0.25) is 0 Å². The van der Waals surface area contributed by atoms with E-state index in [0.29, 0.717) is 5.56 Å². The predicted molar refractivity (Wildman–Crippen MR) is 104 cm³/mol. The lowest BCUT2D eigenvalue weighted by Gasteiger charge is -2.42. The van der Waals surface area contributed by atoms with Crippen LogP contribution in [0.2, 0.25) is 0 Å². The number of carboxylic acids is 1. The fraction of sp³-hybridized carbons (Fsp3) is 0.550. The van der Waals surface area contributed by atoms with Crippen LogP contribution in [-0.4, -0.2) is 110 Å². The topological polar surface area (TPSA) is 196 Å². The van der Waals surface area contributed by atoms with Gasteiger partial charge in [-0.05, 0) is 23.8 Å². The van der Waals surface area contributed by atoms with E-state index in [4.69, 9.17) is 24.1 Å². The Morgan fingerprint density at radius 2 is 1.81 bits per heavy atom. The number of aliphatic hydroxyl groups is 6. The Balaban J connectivity index is 1.76. The lowest BCUT2D eigenvalue weighted by atomic mass is 9.98. The molecule has 0 bridgehead atoms. The maximum Gasteiger partial charge on any atom is 0.328 e. The van der Waals surface area contributed by atoms with Gasteiger partial charge in [0.2, 0.25) is 6.29 Å². The summed E-state index contributed by atoms with van der Waals surface area (Å²) in [6.45, 7) is -1.86. The summed E-state index contributed by atoms with van der Waals surface area (Å²) in [4.78, 5) is 10.6. The van der Waals surface area contributed by atoms with Crippen molar-refractivity contribution < 1.29 is 59.5 Å². The van der Waals surface area contributed by atoms with Crippen molar-refractivity contribution in [3.8, 4) is 5.75 Å². The second kappa shape index (κ2) is 10.2. The minimum atomic E-state index is -1.97. The Hall–Kier alpha value is -2.13. The third-order valence-electron chi connectivity index (χ3n) is 5.25. The maximum atomic E-state index is 10.6. The quantitative estimate of drug-likeness (QED) is 0.201. The molecule has 0 spiro atoms. The Labute approximate surface area is 182 Å². The Morgan fingerprint density at radius 1 is 1.12 bits per heavy atom. The van der Waals surface area contributed by atoms with Gasteiger partial charge < -0.3 is 54.7 Å². The van der Waals surface area contributed by atoms with E-state index in [0.717, 1.165) is 6.08 Å². The molecule has 32 heavy (non-hydrogen) atoms. The number of hydrogen-bond acceptors (Lipinski definition) is 11. The average molecular weight is 458 g/mol. The van der Waals surface area contributed by atoms with E-state index in [2.05, 4.69) is 0 Å². The van der Waals surface area contributed by atoms with Gasteiger partial charge in [0.1, 0.15) is 35.8 Å². The second-order valence-corrected chi connectivity index (χ2v) is 7.55. The minimum absolute atomic E-state index is 0.233. The van der Waals surface area contributed by atoms with Crippen molar-refractivity contribution in [2.45, 2.75) is 48.7 Å². The summed E-state index contributed by atoms with van der Waals surface area (Å²) in [6, 6.07) is 6.12. The van der Waals surface area contributed by atoms with Gasteiger partial charge in [0.25, 0.3) is 0 Å². The standard InChI is InChI=1S/C20H26O12/c21-7-12-14(25)15(26)16(32-19-17(27)20(28,8-22)9-29-19)18(31-12)30-11-4-1-10(2-5-11)3-6-13(23)24/h1-6,12,14-19,21-22,25-28H,7-9H2,(H,23,24)/b6-3-/t12-,14-,15+,16-,17+,18-,19+,20+/m0/s1. The fourth-order valence-corrected chi connectivity index (χ4v) is 3.32. The van der Waals surface area contributed by atoms with Crippen LogP contribution in [0.25, 0.3) is 6.08 Å². The van der Waals surface area contributed by atoms with Gasteiger partial charge in [0, 0.05) is 6.08 Å². The highest BCUT2D eigenvalue weighted by Gasteiger charge is 2.53. The van der Waals surface area contributed by atoms with Crippen LogP contribution in [0.3, 0.4) is 0 Å². The summed E-state index contributed by atoms with van der Waals surface area (Å²) in [5, 5.41) is 68.5. The number of aliphatic carboxylic acids is 1. The van der Waals surface area contributed by atoms with Crippen molar-refractivity contribution in [3.05, 3.63) is 35.9 Å². The summed E-state index contributed by atoms with van der Waals surface area (Å²) in [5.41, 5.74) is -1.39. The number of carboxylic acid groups (broad SMARTS) is 1. The van der Waals surface area contributed by atoms with Crippen LogP contribution in [0.4, 0.5) is 0 Å². The van der Waals surface area contributed by atoms with E-state index in [1.165, 1.54) is 18.2 Å². The molecule has 2 saturated heterocycles. The van der Waals surface area contributed by atoms with E-state index < -0.39 is 74.5 Å². The van der Waals surface area contributed by atoms with Gasteiger partial charge in [-0.1, -0.05) is 12.1 Å². The highest BCUT2D eigenvalue weighted by Crippen LogP contribution is 2.32. The van der Waals surface area contributed by atoms with Gasteiger partial charge in [0.15, 0.2) is 12.4 Å². The van der Waals surface area contributed by atoms with Crippen LogP contribution in [0.1, 0.15) is 5.56 Å². The van der Waals surface area contributed by atoms with E-state index in [1.807, 2.05) is 0 Å². The smallest absolute Gasteiger partial charge is 0.328 e. The Morgan fingerprint density at radius 3 is 2.38 bits per heavy atom. The van der Waals surface area contributed by atoms with Crippen molar-refractivity contribution in [2.75, 3.05) is 19.8 Å². The second-order valence-electron chi connectivity index (χ2n) is 7.55. The molecule has 2 heterocycles. The molecule has 178 valence electrons. The lowest BCUT2D eigenvalue weighted by Crippen LogP contribution is -2.62. The molecule has 1 aromatic carbocycles. The molecule has 12 heteroatoms. The van der Waals surface area contributed by atoms with E-state index >= 15 is 0 Å². The van der Waals surface area contributed by atoms with Gasteiger partial charge >= 0.3 is 5.97 Å². The highest BCUT2D eigenvalue weighted by molar-refractivity contribution is 5.85. The molecule has 0 radical (unpaired) electrons. The lowest BCUT2D eigenvalue weighted by molar-refractivity contribution is -0.318. The molecule has 0 unspecified atom stereocenters. The first-order chi connectivity index (χ1) is 15.2. The van der Waals surface area contributed by atoms with Gasteiger partial charge in [0.05, 0.1) is 19.8 Å². The number of rotatable bonds is 8. The van der Waals surface area contributed by atoms with Gasteiger partial charge in [-0.15, -0.1) is 0 Å². The number of carbonyl (C=O) groups is 1. The molecule has 2 fully saturated rings. The molecule has 2 aliphatic heterocycles. The van der Waals surface area contributed by atoms with Gasteiger partial charge in [-0.2, -0.15) is 0 Å². The molecule has 0 amide bonds. The maximum absolute atomic E-state index is 10.6. The average Bonchev–Trinajstić information content (AvgIpc) is 3.07. The number of benzene rings is 1. The molecule has 0 saturated carbocycles. The summed E-state index contributed by atoms with van der Waals surface area (Å²) in [7, 11) is 0. The van der Waals surface area contributed by atoms with E-state index in [-0.39, 0.29) is 5.75 Å². The predicted octanol–water partition coefficient (Wildman–Crippen LogP) is -2.57. The summed E-state index contributed by atoms with van der Waals surface area (Å²) >= 11 is 0. The third kappa shape index (κ3) is 5.26. The summed E-state index contributed by atoms with van der Waals surface area (Å²) in [5.74, 6) is -0.871. The SMILES string of the molecule is O=C(O)/C=C\c1ccc(O[C@H]2O[C@@H](CO)[C@H](O)[C@@H](O)[C@@H]2O[C@H]2OC[C@](O)(CO)[C@@H]2O)cc1. The van der Waals surface area contributed by atoms with Crippen LogP contribution in [0.5, 0.6) is 5.75 Å². The van der Waals surface area contributed by atoms with Crippen molar-refractivity contribution in [3.63, 3.8) is 0 Å². The zero-order chi connectivity index (χ0) is 23.5. The first kappa shape index (κ1) is 24.5. The van der Waals surface area contributed by atoms with E-state index in [1.54, 1.807) is 12.1 Å². The molecular formula is C20H26O12. The Bertz CT molecular complexity index is 798. The van der Waals surface area contributed by atoms with Crippen LogP contribution < -0.4 is 4.74 Å². The molecule has 0 aromatic heterocycles. The molecular weight excluding hydrogens is 432 g/mol. The molecule has 0 aliphatic carbocycles. The van der Waals surface area contributed by atoms with Crippen LogP contribution >= 0.6 is 0 Å². The number of hydrogen-bond donors (Lipinski definition) is 7. The van der Waals surface area contributed by atoms with Crippen LogP contribution in [0, 0.1) is 0 Å². The first-order valence-corrected chi connectivity index (χ1v) is 9.77. The molecule has 1 aromatic rings. The monoisotopic (exact) mass is 458 g/mol. The van der Waals surface area contributed by atoms with Crippen LogP contribution in [-0.2, 0) is 19.0 Å².